The number of nitrogens with two attached hydrogens (primary N) is 2. The van der Waals surface area contributed by atoms with Crippen LogP contribution in [0.3, 0.4) is 0 Å². The summed E-state index contributed by atoms with van der Waals surface area (Å²) in [6.07, 6.45) is 0. The fraction of sp³-hybridized carbons (Fsp3) is 0.0500. The molecule has 0 fully saturated rings. The molecular formula is C20H18N4. The predicted octanol–water partition coefficient (Wildman–Crippen LogP) is 4.17. The maximum absolute atomic E-state index is 6.14. The van der Waals surface area contributed by atoms with E-state index in [1.807, 2.05) is 61.5 Å². The van der Waals surface area contributed by atoms with Crippen LogP contribution in [0, 0.1) is 6.92 Å². The average Bonchev–Trinajstić information content (AvgIpc) is 2.95. The Morgan fingerprint density at radius 1 is 0.875 bits per heavy atom. The zero-order chi connectivity index (χ0) is 16.7. The van der Waals surface area contributed by atoms with Crippen LogP contribution in [0.4, 0.5) is 11.4 Å². The first-order valence-corrected chi connectivity index (χ1v) is 7.83. The first kappa shape index (κ1) is 14.3. The zero-order valence-electron chi connectivity index (χ0n) is 13.4. The number of rotatable bonds is 2. The lowest BCUT2D eigenvalue weighted by Gasteiger charge is -2.10. The van der Waals surface area contributed by atoms with Gasteiger partial charge in [-0.25, -0.2) is 4.98 Å². The van der Waals surface area contributed by atoms with Gasteiger partial charge in [0.15, 0.2) is 0 Å². The van der Waals surface area contributed by atoms with Crippen molar-refractivity contribution in [2.75, 3.05) is 11.5 Å². The number of nitrogens with zero attached hydrogens (tertiary/aromatic N) is 2. The molecule has 0 spiro atoms. The van der Waals surface area contributed by atoms with Crippen LogP contribution in [0.2, 0.25) is 0 Å². The van der Waals surface area contributed by atoms with Crippen LogP contribution in [-0.4, -0.2) is 9.55 Å². The Hall–Kier alpha value is -3.27. The van der Waals surface area contributed by atoms with Crippen LogP contribution in [0.5, 0.6) is 0 Å². The molecule has 0 atom stereocenters. The Kier molecular flexibility index (Phi) is 3.24. The summed E-state index contributed by atoms with van der Waals surface area (Å²) < 4.78 is 2.14. The number of benzene rings is 3. The van der Waals surface area contributed by atoms with Gasteiger partial charge in [-0.2, -0.15) is 0 Å². The molecule has 0 radical (unpaired) electrons. The van der Waals surface area contributed by atoms with Crippen LogP contribution >= 0.6 is 0 Å². The number of aromatic nitrogens is 2. The molecule has 0 bridgehead atoms. The van der Waals surface area contributed by atoms with Crippen molar-refractivity contribution >= 4 is 22.4 Å². The second kappa shape index (κ2) is 5.42. The molecule has 24 heavy (non-hydrogen) atoms. The summed E-state index contributed by atoms with van der Waals surface area (Å²) in [5.74, 6) is 0.876. The summed E-state index contributed by atoms with van der Waals surface area (Å²) in [5, 5.41) is 0. The molecule has 4 rings (SSSR count). The van der Waals surface area contributed by atoms with Crippen molar-refractivity contribution in [3.63, 3.8) is 0 Å². The second-order valence-corrected chi connectivity index (χ2v) is 5.93. The van der Waals surface area contributed by atoms with Crippen molar-refractivity contribution in [1.82, 2.24) is 9.55 Å². The van der Waals surface area contributed by atoms with E-state index in [4.69, 9.17) is 16.5 Å². The van der Waals surface area contributed by atoms with E-state index in [0.717, 1.165) is 45.0 Å². The number of anilines is 2. The minimum Gasteiger partial charge on any atom is -0.399 e. The summed E-state index contributed by atoms with van der Waals surface area (Å²) >= 11 is 0. The Bertz CT molecular complexity index is 1020. The molecule has 0 unspecified atom stereocenters. The van der Waals surface area contributed by atoms with Crippen molar-refractivity contribution in [3.8, 4) is 17.1 Å². The van der Waals surface area contributed by atoms with Gasteiger partial charge in [-0.3, -0.25) is 4.57 Å². The molecule has 0 aliphatic heterocycles. The van der Waals surface area contributed by atoms with Gasteiger partial charge in [0.2, 0.25) is 0 Å². The van der Waals surface area contributed by atoms with Gasteiger partial charge in [0, 0.05) is 22.6 Å². The van der Waals surface area contributed by atoms with Crippen LogP contribution in [0.1, 0.15) is 5.56 Å². The lowest BCUT2D eigenvalue weighted by Crippen LogP contribution is -1.98. The lowest BCUT2D eigenvalue weighted by molar-refractivity contribution is 1.10. The fourth-order valence-electron chi connectivity index (χ4n) is 2.91. The molecule has 0 saturated heterocycles. The largest absolute Gasteiger partial charge is 0.399 e. The number of aryl methyl sites for hydroxylation is 1. The topological polar surface area (TPSA) is 69.9 Å². The summed E-state index contributed by atoms with van der Waals surface area (Å²) in [4.78, 5) is 4.86. The summed E-state index contributed by atoms with van der Waals surface area (Å²) in [7, 11) is 0. The van der Waals surface area contributed by atoms with E-state index < -0.39 is 0 Å². The molecule has 1 aromatic heterocycles. The Labute approximate surface area is 140 Å². The van der Waals surface area contributed by atoms with E-state index in [1.54, 1.807) is 0 Å². The highest BCUT2D eigenvalue weighted by Gasteiger charge is 2.15. The van der Waals surface area contributed by atoms with E-state index in [1.165, 1.54) is 0 Å². The van der Waals surface area contributed by atoms with Gasteiger partial charge < -0.3 is 11.5 Å². The molecule has 4 aromatic rings. The van der Waals surface area contributed by atoms with Crippen molar-refractivity contribution in [3.05, 3.63) is 72.3 Å². The van der Waals surface area contributed by atoms with Crippen LogP contribution < -0.4 is 11.5 Å². The molecule has 0 amide bonds. The molecule has 3 aromatic carbocycles. The monoisotopic (exact) mass is 314 g/mol. The molecule has 0 aliphatic carbocycles. The van der Waals surface area contributed by atoms with Crippen molar-refractivity contribution in [1.29, 1.82) is 0 Å². The van der Waals surface area contributed by atoms with Gasteiger partial charge in [-0.15, -0.1) is 0 Å². The third-order valence-corrected chi connectivity index (χ3v) is 4.23. The standard InChI is InChI=1S/C20H18N4/c1-13-11-18-19(12-17(13)22)24(16-5-3-2-4-6-16)20(23-18)14-7-9-15(21)10-8-14/h2-12H,21-22H2,1H3. The molecule has 118 valence electrons. The molecule has 4 heteroatoms. The molecule has 0 aliphatic rings. The molecule has 4 nitrogen and oxygen atoms in total. The summed E-state index contributed by atoms with van der Waals surface area (Å²) in [6, 6.07) is 22.0. The van der Waals surface area contributed by atoms with E-state index in [-0.39, 0.29) is 0 Å². The molecular weight excluding hydrogens is 296 g/mol. The van der Waals surface area contributed by atoms with Gasteiger partial charge in [0.05, 0.1) is 11.0 Å². The summed E-state index contributed by atoms with van der Waals surface area (Å²) in [6.45, 7) is 2.00. The third kappa shape index (κ3) is 2.29. The van der Waals surface area contributed by atoms with E-state index in [9.17, 15) is 0 Å². The van der Waals surface area contributed by atoms with Crippen molar-refractivity contribution < 1.29 is 0 Å². The van der Waals surface area contributed by atoms with E-state index >= 15 is 0 Å². The highest BCUT2D eigenvalue weighted by molar-refractivity contribution is 5.87. The number of imidazole rings is 1. The third-order valence-electron chi connectivity index (χ3n) is 4.23. The van der Waals surface area contributed by atoms with Gasteiger partial charge in [-0.1, -0.05) is 18.2 Å². The maximum atomic E-state index is 6.14. The second-order valence-electron chi connectivity index (χ2n) is 5.93. The highest BCUT2D eigenvalue weighted by Crippen LogP contribution is 2.31. The first-order valence-electron chi connectivity index (χ1n) is 7.83. The minimum absolute atomic E-state index is 0.737. The Morgan fingerprint density at radius 2 is 1.58 bits per heavy atom. The molecule has 1 heterocycles. The van der Waals surface area contributed by atoms with Gasteiger partial charge in [0.25, 0.3) is 0 Å². The Morgan fingerprint density at radius 3 is 2.29 bits per heavy atom. The van der Waals surface area contributed by atoms with Crippen molar-refractivity contribution in [2.24, 2.45) is 0 Å². The smallest absolute Gasteiger partial charge is 0.145 e. The summed E-state index contributed by atoms with van der Waals surface area (Å²) in [5.41, 5.74) is 18.5. The zero-order valence-corrected chi connectivity index (χ0v) is 13.4. The first-order chi connectivity index (χ1) is 11.6. The number of fused-ring (bicyclic) bond motifs is 1. The minimum atomic E-state index is 0.737. The van der Waals surface area contributed by atoms with Gasteiger partial charge >= 0.3 is 0 Å². The number of hydrogen-bond donors (Lipinski definition) is 2. The van der Waals surface area contributed by atoms with Crippen molar-refractivity contribution in [2.45, 2.75) is 6.92 Å². The number of para-hydroxylation sites is 1. The molecule has 0 saturated carbocycles. The van der Waals surface area contributed by atoms with Crippen LogP contribution in [0.15, 0.2) is 66.7 Å². The van der Waals surface area contributed by atoms with Gasteiger partial charge in [0.1, 0.15) is 5.82 Å². The highest BCUT2D eigenvalue weighted by atomic mass is 15.1. The molecule has 4 N–H and O–H groups in total. The quantitative estimate of drug-likeness (QED) is 0.546. The normalized spacial score (nSPS) is 11.0. The van der Waals surface area contributed by atoms with E-state index in [2.05, 4.69) is 16.7 Å². The maximum Gasteiger partial charge on any atom is 0.145 e. The number of nitrogen functional groups attached to an aromatic ring is 2. The van der Waals surface area contributed by atoms with Gasteiger partial charge in [-0.05, 0) is 61.0 Å². The SMILES string of the molecule is Cc1cc2nc(-c3ccc(N)cc3)n(-c3ccccc3)c2cc1N. The predicted molar refractivity (Wildman–Crippen MR) is 100 cm³/mol. The van der Waals surface area contributed by atoms with Crippen LogP contribution in [-0.2, 0) is 0 Å². The van der Waals surface area contributed by atoms with Crippen LogP contribution in [0.25, 0.3) is 28.1 Å². The van der Waals surface area contributed by atoms with E-state index in [0.29, 0.717) is 0 Å². The Balaban J connectivity index is 2.07. The number of hydrogen-bond acceptors (Lipinski definition) is 3. The average molecular weight is 314 g/mol. The lowest BCUT2D eigenvalue weighted by atomic mass is 10.1. The fourth-order valence-corrected chi connectivity index (χ4v) is 2.91.